The van der Waals surface area contributed by atoms with Crippen LogP contribution in [0.25, 0.3) is 11.8 Å². The highest BCUT2D eigenvalue weighted by molar-refractivity contribution is 8.18. The molecule has 1 aliphatic rings. The van der Waals surface area contributed by atoms with Crippen LogP contribution in [0.3, 0.4) is 0 Å². The van der Waals surface area contributed by atoms with E-state index in [1.807, 2.05) is 30.3 Å². The van der Waals surface area contributed by atoms with E-state index in [9.17, 15) is 14.4 Å². The van der Waals surface area contributed by atoms with E-state index < -0.39 is 0 Å². The van der Waals surface area contributed by atoms with Crippen molar-refractivity contribution in [3.05, 3.63) is 83.3 Å². The number of thioether (sulfide) groups is 1. The lowest BCUT2D eigenvalue weighted by molar-refractivity contribution is -0.124. The number of benzene rings is 1. The van der Waals surface area contributed by atoms with Crippen molar-refractivity contribution in [2.45, 2.75) is 6.42 Å². The molecule has 1 N–H and O–H groups in total. The van der Waals surface area contributed by atoms with Crippen molar-refractivity contribution in [1.29, 1.82) is 0 Å². The Morgan fingerprint density at radius 1 is 1.10 bits per heavy atom. The summed E-state index contributed by atoms with van der Waals surface area (Å²) in [7, 11) is 0. The molecule has 9 heteroatoms. The molecule has 1 aromatic carbocycles. The quantitative estimate of drug-likeness (QED) is 0.576. The van der Waals surface area contributed by atoms with E-state index in [-0.39, 0.29) is 36.6 Å². The zero-order chi connectivity index (χ0) is 21.6. The van der Waals surface area contributed by atoms with Crippen LogP contribution in [-0.4, -0.2) is 49.8 Å². The topological polar surface area (TPSA) is 97.2 Å². The highest BCUT2D eigenvalue weighted by Crippen LogP contribution is 2.31. The molecule has 2 aromatic heterocycles. The number of nitrogens with zero attached hydrogens (tertiary/aromatic N) is 4. The van der Waals surface area contributed by atoms with E-state index >= 15 is 0 Å². The van der Waals surface area contributed by atoms with E-state index in [4.69, 9.17) is 0 Å². The van der Waals surface area contributed by atoms with Crippen LogP contribution in [-0.2, 0) is 16.0 Å². The first-order valence-corrected chi connectivity index (χ1v) is 10.4. The molecule has 0 bridgehead atoms. The SMILES string of the molecule is O=C(Cc1cnn(-c2ccccc2)c1)NCCN1C(=O)S/C(=C\c2cccnc2)C1=O. The predicted octanol–water partition coefficient (Wildman–Crippen LogP) is 2.66. The Balaban J connectivity index is 1.28. The maximum absolute atomic E-state index is 12.5. The first-order valence-electron chi connectivity index (χ1n) is 9.61. The van der Waals surface area contributed by atoms with Gasteiger partial charge in [-0.1, -0.05) is 24.3 Å². The summed E-state index contributed by atoms with van der Waals surface area (Å²) in [6, 6.07) is 13.2. The normalized spacial score (nSPS) is 15.0. The predicted molar refractivity (Wildman–Crippen MR) is 117 cm³/mol. The average Bonchev–Trinajstić information content (AvgIpc) is 3.35. The minimum absolute atomic E-state index is 0.115. The van der Waals surface area contributed by atoms with Crippen LogP contribution in [0, 0.1) is 0 Å². The third-order valence-corrected chi connectivity index (χ3v) is 5.44. The summed E-state index contributed by atoms with van der Waals surface area (Å²) < 4.78 is 1.71. The van der Waals surface area contributed by atoms with E-state index in [1.165, 1.54) is 0 Å². The smallest absolute Gasteiger partial charge is 0.293 e. The molecule has 3 aromatic rings. The number of aromatic nitrogens is 3. The van der Waals surface area contributed by atoms with Crippen molar-refractivity contribution < 1.29 is 14.4 Å². The zero-order valence-corrected chi connectivity index (χ0v) is 17.3. The van der Waals surface area contributed by atoms with E-state index in [0.717, 1.165) is 33.5 Å². The zero-order valence-electron chi connectivity index (χ0n) is 16.5. The monoisotopic (exact) mass is 433 g/mol. The Hall–Kier alpha value is -3.72. The van der Waals surface area contributed by atoms with Crippen molar-refractivity contribution >= 4 is 34.9 Å². The molecular formula is C22H19N5O3S. The maximum atomic E-state index is 12.5. The molecule has 0 atom stereocenters. The third-order valence-electron chi connectivity index (χ3n) is 4.53. The minimum Gasteiger partial charge on any atom is -0.354 e. The van der Waals surface area contributed by atoms with Gasteiger partial charge in [-0.15, -0.1) is 0 Å². The Morgan fingerprint density at radius 2 is 1.94 bits per heavy atom. The van der Waals surface area contributed by atoms with Crippen LogP contribution in [0.2, 0.25) is 0 Å². The number of nitrogens with one attached hydrogen (secondary N) is 1. The van der Waals surface area contributed by atoms with Crippen LogP contribution >= 0.6 is 11.8 Å². The molecule has 1 aliphatic heterocycles. The Labute approximate surface area is 183 Å². The molecule has 1 saturated heterocycles. The van der Waals surface area contributed by atoms with E-state index in [0.29, 0.717) is 4.91 Å². The number of hydrogen-bond acceptors (Lipinski definition) is 6. The highest BCUT2D eigenvalue weighted by Gasteiger charge is 2.34. The minimum atomic E-state index is -0.364. The molecule has 0 radical (unpaired) electrons. The molecule has 0 unspecified atom stereocenters. The van der Waals surface area contributed by atoms with Gasteiger partial charge in [-0.2, -0.15) is 5.10 Å². The van der Waals surface area contributed by atoms with Gasteiger partial charge in [0.1, 0.15) is 0 Å². The van der Waals surface area contributed by atoms with Crippen LogP contribution in [0.4, 0.5) is 4.79 Å². The molecule has 0 aliphatic carbocycles. The van der Waals surface area contributed by atoms with Crippen molar-refractivity contribution in [2.24, 2.45) is 0 Å². The first-order chi connectivity index (χ1) is 15.1. The van der Waals surface area contributed by atoms with Crippen molar-refractivity contribution in [2.75, 3.05) is 13.1 Å². The Morgan fingerprint density at radius 3 is 2.71 bits per heavy atom. The molecule has 1 fully saturated rings. The number of para-hydroxylation sites is 1. The van der Waals surface area contributed by atoms with Crippen molar-refractivity contribution in [1.82, 2.24) is 25.0 Å². The van der Waals surface area contributed by atoms with Crippen LogP contribution in [0.1, 0.15) is 11.1 Å². The standard InChI is InChI=1S/C22H19N5O3S/c28-20(12-17-14-25-27(15-17)18-6-2-1-3-7-18)24-9-10-26-21(29)19(31-22(26)30)11-16-5-4-8-23-13-16/h1-8,11,13-15H,9-10,12H2,(H,24,28)/b19-11-. The Kier molecular flexibility index (Phi) is 6.23. The number of carbonyl (C=O) groups excluding carboxylic acids is 3. The van der Waals surface area contributed by atoms with Crippen molar-refractivity contribution in [3.8, 4) is 5.69 Å². The first kappa shape index (κ1) is 20.5. The van der Waals surface area contributed by atoms with E-state index in [2.05, 4.69) is 15.4 Å². The summed E-state index contributed by atoms with van der Waals surface area (Å²) in [6.45, 7) is 0.300. The fraction of sp³-hybridized carbons (Fsp3) is 0.136. The van der Waals surface area contributed by atoms with E-state index in [1.54, 1.807) is 47.7 Å². The highest BCUT2D eigenvalue weighted by atomic mass is 32.2. The number of rotatable bonds is 7. The van der Waals surface area contributed by atoms with Gasteiger partial charge in [-0.05, 0) is 47.2 Å². The number of hydrogen-bond donors (Lipinski definition) is 1. The molecule has 0 saturated carbocycles. The third kappa shape index (κ3) is 5.07. The molecule has 0 spiro atoms. The van der Waals surface area contributed by atoms with Crippen LogP contribution in [0.5, 0.6) is 0 Å². The van der Waals surface area contributed by atoms with Gasteiger partial charge >= 0.3 is 0 Å². The average molecular weight is 433 g/mol. The van der Waals surface area contributed by atoms with Gasteiger partial charge in [0.15, 0.2) is 0 Å². The molecule has 3 amide bonds. The fourth-order valence-electron chi connectivity index (χ4n) is 3.03. The lowest BCUT2D eigenvalue weighted by atomic mass is 10.2. The Bertz CT molecular complexity index is 1130. The van der Waals surface area contributed by atoms with Gasteiger partial charge in [-0.25, -0.2) is 4.68 Å². The van der Waals surface area contributed by atoms with Gasteiger partial charge in [0, 0.05) is 31.7 Å². The lowest BCUT2D eigenvalue weighted by Crippen LogP contribution is -2.37. The van der Waals surface area contributed by atoms with Gasteiger partial charge in [0.05, 0.1) is 23.2 Å². The van der Waals surface area contributed by atoms with Crippen LogP contribution < -0.4 is 5.32 Å². The summed E-state index contributed by atoms with van der Waals surface area (Å²) in [5.41, 5.74) is 2.43. The number of amides is 3. The fourth-order valence-corrected chi connectivity index (χ4v) is 3.90. The maximum Gasteiger partial charge on any atom is 0.293 e. The molecule has 156 valence electrons. The molecule has 31 heavy (non-hydrogen) atoms. The second kappa shape index (κ2) is 9.40. The number of imide groups is 1. The van der Waals surface area contributed by atoms with Gasteiger partial charge in [0.2, 0.25) is 5.91 Å². The summed E-state index contributed by atoms with van der Waals surface area (Å²) in [5.74, 6) is -0.567. The lowest BCUT2D eigenvalue weighted by Gasteiger charge is -2.12. The molecule has 3 heterocycles. The summed E-state index contributed by atoms with van der Waals surface area (Å²) in [5, 5.41) is 6.67. The summed E-state index contributed by atoms with van der Waals surface area (Å²) in [6.07, 6.45) is 8.50. The van der Waals surface area contributed by atoms with Crippen LogP contribution in [0.15, 0.2) is 72.2 Å². The second-order valence-electron chi connectivity index (χ2n) is 6.78. The second-order valence-corrected chi connectivity index (χ2v) is 7.77. The summed E-state index contributed by atoms with van der Waals surface area (Å²) >= 11 is 0.886. The van der Waals surface area contributed by atoms with Gasteiger partial charge in [0.25, 0.3) is 11.1 Å². The molecular weight excluding hydrogens is 414 g/mol. The van der Waals surface area contributed by atoms with Gasteiger partial charge < -0.3 is 5.32 Å². The van der Waals surface area contributed by atoms with Gasteiger partial charge in [-0.3, -0.25) is 24.3 Å². The number of pyridine rings is 1. The molecule has 4 rings (SSSR count). The number of carbonyl (C=O) groups is 3. The van der Waals surface area contributed by atoms with Crippen molar-refractivity contribution in [3.63, 3.8) is 0 Å². The molecule has 8 nitrogen and oxygen atoms in total. The largest absolute Gasteiger partial charge is 0.354 e. The summed E-state index contributed by atoms with van der Waals surface area (Å²) in [4.78, 5) is 42.4.